The number of nitrogens with one attached hydrogen (secondary N) is 1. The van der Waals surface area contributed by atoms with Gasteiger partial charge in [0.15, 0.2) is 0 Å². The number of hydrogen-bond donors (Lipinski definition) is 1. The second-order valence-corrected chi connectivity index (χ2v) is 4.06. The molecule has 1 N–H and O–H groups in total. The van der Waals surface area contributed by atoms with Crippen LogP contribution < -0.4 is 5.32 Å². The zero-order valence-corrected chi connectivity index (χ0v) is 9.31. The molecule has 2 atom stereocenters. The number of hydrogen-bond acceptors (Lipinski definition) is 4. The van der Waals surface area contributed by atoms with Gasteiger partial charge in [0, 0.05) is 20.2 Å². The molecular formula is C10H18N4O. The Morgan fingerprint density at radius 1 is 1.67 bits per heavy atom. The molecule has 1 aliphatic rings. The summed E-state index contributed by atoms with van der Waals surface area (Å²) < 4.78 is 7.30. The van der Waals surface area contributed by atoms with Crippen molar-refractivity contribution >= 4 is 0 Å². The lowest BCUT2D eigenvalue weighted by molar-refractivity contribution is 0.105. The van der Waals surface area contributed by atoms with Gasteiger partial charge in [0.1, 0.15) is 12.2 Å². The lowest BCUT2D eigenvalue weighted by atomic mass is 10.0. The third-order valence-corrected chi connectivity index (χ3v) is 3.03. The molecule has 1 saturated heterocycles. The highest BCUT2D eigenvalue weighted by molar-refractivity contribution is 4.83. The molecule has 0 saturated carbocycles. The van der Waals surface area contributed by atoms with Crippen LogP contribution in [0.3, 0.4) is 0 Å². The van der Waals surface area contributed by atoms with Crippen LogP contribution in [0.25, 0.3) is 0 Å². The van der Waals surface area contributed by atoms with Gasteiger partial charge in [0.05, 0.1) is 12.6 Å². The highest BCUT2D eigenvalue weighted by atomic mass is 16.5. The summed E-state index contributed by atoms with van der Waals surface area (Å²) in [4.78, 5) is 4.16. The Balaban J connectivity index is 1.73. The van der Waals surface area contributed by atoms with Gasteiger partial charge in [0.2, 0.25) is 0 Å². The number of ether oxygens (including phenoxy) is 1. The molecule has 0 amide bonds. The van der Waals surface area contributed by atoms with E-state index in [0.717, 1.165) is 31.9 Å². The van der Waals surface area contributed by atoms with Gasteiger partial charge in [-0.2, -0.15) is 5.10 Å². The van der Waals surface area contributed by atoms with Gasteiger partial charge in [-0.15, -0.1) is 0 Å². The molecule has 1 aromatic heterocycles. The Bertz CT molecular complexity index is 312. The van der Waals surface area contributed by atoms with E-state index in [-0.39, 0.29) is 0 Å². The standard InChI is InChI=1S/C10H18N4O/c1-8-9(3-4-15-8)5-11-6-10-12-7-13-14(10)2/h7-9,11H,3-6H2,1-2H3. The Morgan fingerprint density at radius 2 is 2.53 bits per heavy atom. The highest BCUT2D eigenvalue weighted by Crippen LogP contribution is 2.19. The van der Waals surface area contributed by atoms with Crippen molar-refractivity contribution in [2.75, 3.05) is 13.2 Å². The predicted octanol–water partition coefficient (Wildman–Crippen LogP) is 0.330. The zero-order chi connectivity index (χ0) is 10.7. The summed E-state index contributed by atoms with van der Waals surface area (Å²) in [6, 6.07) is 0. The van der Waals surface area contributed by atoms with Crippen LogP contribution in [0.5, 0.6) is 0 Å². The summed E-state index contributed by atoms with van der Waals surface area (Å²) in [5.41, 5.74) is 0. The lowest BCUT2D eigenvalue weighted by Gasteiger charge is -2.14. The van der Waals surface area contributed by atoms with E-state index >= 15 is 0 Å². The minimum Gasteiger partial charge on any atom is -0.378 e. The van der Waals surface area contributed by atoms with Crippen molar-refractivity contribution in [2.45, 2.75) is 26.0 Å². The normalized spacial score (nSPS) is 26.0. The van der Waals surface area contributed by atoms with E-state index in [9.17, 15) is 0 Å². The molecule has 1 aromatic rings. The predicted molar refractivity (Wildman–Crippen MR) is 56.2 cm³/mol. The molecule has 1 fully saturated rings. The van der Waals surface area contributed by atoms with E-state index in [1.165, 1.54) is 0 Å². The van der Waals surface area contributed by atoms with Gasteiger partial charge in [0.25, 0.3) is 0 Å². The van der Waals surface area contributed by atoms with E-state index in [1.807, 2.05) is 7.05 Å². The van der Waals surface area contributed by atoms with Gasteiger partial charge in [-0.05, 0) is 19.3 Å². The summed E-state index contributed by atoms with van der Waals surface area (Å²) in [5.74, 6) is 1.61. The average molecular weight is 210 g/mol. The summed E-state index contributed by atoms with van der Waals surface area (Å²) in [7, 11) is 1.91. The molecule has 0 aromatic carbocycles. The largest absolute Gasteiger partial charge is 0.378 e. The quantitative estimate of drug-likeness (QED) is 0.778. The van der Waals surface area contributed by atoms with Crippen LogP contribution in [0.15, 0.2) is 6.33 Å². The maximum atomic E-state index is 5.50. The third-order valence-electron chi connectivity index (χ3n) is 3.03. The first-order valence-corrected chi connectivity index (χ1v) is 5.42. The fraction of sp³-hybridized carbons (Fsp3) is 0.800. The van der Waals surface area contributed by atoms with E-state index in [4.69, 9.17) is 4.74 Å². The summed E-state index contributed by atoms with van der Waals surface area (Å²) in [5, 5.41) is 7.42. The molecule has 0 aliphatic carbocycles. The molecule has 2 heterocycles. The van der Waals surface area contributed by atoms with Crippen molar-refractivity contribution in [3.63, 3.8) is 0 Å². The summed E-state index contributed by atoms with van der Waals surface area (Å²) in [6.07, 6.45) is 3.13. The number of rotatable bonds is 4. The van der Waals surface area contributed by atoms with Crippen LogP contribution >= 0.6 is 0 Å². The smallest absolute Gasteiger partial charge is 0.140 e. The average Bonchev–Trinajstić information content (AvgIpc) is 2.78. The van der Waals surface area contributed by atoms with Crippen molar-refractivity contribution in [1.82, 2.24) is 20.1 Å². The molecule has 84 valence electrons. The molecule has 1 aliphatic heterocycles. The fourth-order valence-electron chi connectivity index (χ4n) is 1.89. The third kappa shape index (κ3) is 2.54. The maximum Gasteiger partial charge on any atom is 0.140 e. The molecule has 2 rings (SSSR count). The van der Waals surface area contributed by atoms with Crippen molar-refractivity contribution in [3.8, 4) is 0 Å². The summed E-state index contributed by atoms with van der Waals surface area (Å²) in [6.45, 7) is 4.81. The molecular weight excluding hydrogens is 192 g/mol. The maximum absolute atomic E-state index is 5.50. The van der Waals surface area contributed by atoms with Gasteiger partial charge in [-0.3, -0.25) is 4.68 Å². The van der Waals surface area contributed by atoms with Gasteiger partial charge < -0.3 is 10.1 Å². The SMILES string of the molecule is CC1OCCC1CNCc1ncnn1C. The number of aromatic nitrogens is 3. The number of aryl methyl sites for hydroxylation is 1. The first-order chi connectivity index (χ1) is 7.27. The molecule has 0 bridgehead atoms. The van der Waals surface area contributed by atoms with Crippen LogP contribution in [0.1, 0.15) is 19.2 Å². The second kappa shape index (κ2) is 4.72. The monoisotopic (exact) mass is 210 g/mol. The van der Waals surface area contributed by atoms with Crippen LogP contribution in [-0.4, -0.2) is 34.0 Å². The zero-order valence-electron chi connectivity index (χ0n) is 9.31. The Kier molecular flexibility index (Phi) is 3.33. The van der Waals surface area contributed by atoms with Gasteiger partial charge in [-0.1, -0.05) is 0 Å². The van der Waals surface area contributed by atoms with Crippen molar-refractivity contribution in [2.24, 2.45) is 13.0 Å². The Morgan fingerprint density at radius 3 is 3.13 bits per heavy atom. The fourth-order valence-corrected chi connectivity index (χ4v) is 1.89. The van der Waals surface area contributed by atoms with Crippen molar-refractivity contribution in [1.29, 1.82) is 0 Å². The first kappa shape index (κ1) is 10.6. The molecule has 2 unspecified atom stereocenters. The topological polar surface area (TPSA) is 52.0 Å². The molecule has 15 heavy (non-hydrogen) atoms. The van der Waals surface area contributed by atoms with E-state index in [1.54, 1.807) is 11.0 Å². The van der Waals surface area contributed by atoms with Crippen molar-refractivity contribution in [3.05, 3.63) is 12.2 Å². The lowest BCUT2D eigenvalue weighted by Crippen LogP contribution is -2.27. The van der Waals surface area contributed by atoms with Crippen LogP contribution in [0, 0.1) is 5.92 Å². The molecule has 0 radical (unpaired) electrons. The van der Waals surface area contributed by atoms with Crippen molar-refractivity contribution < 1.29 is 4.74 Å². The van der Waals surface area contributed by atoms with Gasteiger partial charge >= 0.3 is 0 Å². The minimum atomic E-state index is 0.386. The highest BCUT2D eigenvalue weighted by Gasteiger charge is 2.23. The Hall–Kier alpha value is -0.940. The van der Waals surface area contributed by atoms with E-state index in [0.29, 0.717) is 12.0 Å². The van der Waals surface area contributed by atoms with Gasteiger partial charge in [-0.25, -0.2) is 4.98 Å². The Labute approximate surface area is 89.8 Å². The second-order valence-electron chi connectivity index (χ2n) is 4.06. The summed E-state index contributed by atoms with van der Waals surface area (Å²) >= 11 is 0. The minimum absolute atomic E-state index is 0.386. The molecule has 5 nitrogen and oxygen atoms in total. The molecule has 0 spiro atoms. The molecule has 5 heteroatoms. The van der Waals surface area contributed by atoms with Crippen LogP contribution in [0.2, 0.25) is 0 Å². The van der Waals surface area contributed by atoms with E-state index < -0.39 is 0 Å². The first-order valence-electron chi connectivity index (χ1n) is 5.42. The number of nitrogens with zero attached hydrogens (tertiary/aromatic N) is 3. The van der Waals surface area contributed by atoms with Crippen LogP contribution in [0.4, 0.5) is 0 Å². The van der Waals surface area contributed by atoms with Crippen LogP contribution in [-0.2, 0) is 18.3 Å². The van der Waals surface area contributed by atoms with E-state index in [2.05, 4.69) is 22.3 Å².